The number of aryl methyl sites for hydroxylation is 2. The van der Waals surface area contributed by atoms with Gasteiger partial charge in [-0.2, -0.15) is 0 Å². The third kappa shape index (κ3) is 5.71. The van der Waals surface area contributed by atoms with Crippen LogP contribution in [0.2, 0.25) is 10.0 Å². The molecule has 2 amide bonds. The minimum absolute atomic E-state index is 0.156. The van der Waals surface area contributed by atoms with E-state index in [9.17, 15) is 9.59 Å². The van der Waals surface area contributed by atoms with Crippen molar-refractivity contribution in [3.8, 4) is 5.75 Å². The number of carbonyl (C=O) groups excluding carboxylic acids is 2. The fourth-order valence-corrected chi connectivity index (χ4v) is 5.31. The number of nitrogens with one attached hydrogen (secondary N) is 1. The normalized spacial score (nSPS) is 14.8. The summed E-state index contributed by atoms with van der Waals surface area (Å²) in [5, 5.41) is 3.94. The van der Waals surface area contributed by atoms with Gasteiger partial charge in [-0.05, 0) is 68.1 Å². The van der Waals surface area contributed by atoms with Crippen LogP contribution in [0.4, 0.5) is 5.69 Å². The number of ether oxygens (including phenoxy) is 1. The van der Waals surface area contributed by atoms with Crippen LogP contribution < -0.4 is 10.1 Å². The zero-order valence-corrected chi connectivity index (χ0v) is 22.0. The molecular weight excluding hydrogens is 499 g/mol. The molecule has 2 aromatic carbocycles. The highest BCUT2D eigenvalue weighted by atomic mass is 35.5. The smallest absolute Gasteiger partial charge is 0.261 e. The summed E-state index contributed by atoms with van der Waals surface area (Å²) >= 11 is 12.2. The highest BCUT2D eigenvalue weighted by Gasteiger charge is 2.47. The van der Waals surface area contributed by atoms with Gasteiger partial charge in [-0.1, -0.05) is 60.7 Å². The molecule has 8 heteroatoms. The molecule has 1 heterocycles. The van der Waals surface area contributed by atoms with Crippen LogP contribution in [0.25, 0.3) is 0 Å². The lowest BCUT2D eigenvalue weighted by Gasteiger charge is -2.44. The third-order valence-corrected chi connectivity index (χ3v) is 7.31. The maximum Gasteiger partial charge on any atom is 0.261 e. The van der Waals surface area contributed by atoms with E-state index in [4.69, 9.17) is 32.4 Å². The maximum atomic E-state index is 14.0. The van der Waals surface area contributed by atoms with Gasteiger partial charge in [-0.25, -0.2) is 0 Å². The third-order valence-electron chi connectivity index (χ3n) is 6.78. The number of para-hydroxylation sites is 1. The van der Waals surface area contributed by atoms with E-state index in [-0.39, 0.29) is 25.0 Å². The Kier molecular flexibility index (Phi) is 8.27. The van der Waals surface area contributed by atoms with E-state index in [1.165, 1.54) is 0 Å². The van der Waals surface area contributed by atoms with Gasteiger partial charge in [-0.15, -0.1) is 0 Å². The second-order valence-corrected chi connectivity index (χ2v) is 10.1. The molecule has 0 atom stereocenters. The first-order valence-corrected chi connectivity index (χ1v) is 12.8. The van der Waals surface area contributed by atoms with E-state index in [1.54, 1.807) is 41.5 Å². The number of amides is 2. The molecule has 0 unspecified atom stereocenters. The average molecular weight is 529 g/mol. The zero-order chi connectivity index (χ0) is 25.7. The summed E-state index contributed by atoms with van der Waals surface area (Å²) in [6.45, 7) is 3.81. The Morgan fingerprint density at radius 3 is 2.39 bits per heavy atom. The summed E-state index contributed by atoms with van der Waals surface area (Å²) < 4.78 is 11.4. The molecule has 0 bridgehead atoms. The molecule has 0 radical (unpaired) electrons. The number of carbonyl (C=O) groups is 2. The highest BCUT2D eigenvalue weighted by Crippen LogP contribution is 2.37. The molecule has 0 aliphatic heterocycles. The van der Waals surface area contributed by atoms with Crippen LogP contribution in [0.15, 0.2) is 59.2 Å². The molecule has 1 aromatic heterocycles. The summed E-state index contributed by atoms with van der Waals surface area (Å²) in [5.74, 6) is 0.433. The predicted octanol–water partition coefficient (Wildman–Crippen LogP) is 6.95. The van der Waals surface area contributed by atoms with Crippen LogP contribution in [0, 0.1) is 13.8 Å². The van der Waals surface area contributed by atoms with Crippen molar-refractivity contribution in [2.45, 2.75) is 58.0 Å². The van der Waals surface area contributed by atoms with Crippen molar-refractivity contribution in [3.63, 3.8) is 0 Å². The Balaban J connectivity index is 1.65. The molecule has 190 valence electrons. The van der Waals surface area contributed by atoms with Gasteiger partial charge in [0.05, 0.1) is 17.8 Å². The molecule has 1 saturated carbocycles. The molecule has 1 fully saturated rings. The van der Waals surface area contributed by atoms with Crippen molar-refractivity contribution >= 4 is 40.7 Å². The lowest BCUT2D eigenvalue weighted by molar-refractivity contribution is -0.150. The molecule has 1 aliphatic carbocycles. The van der Waals surface area contributed by atoms with Gasteiger partial charge in [0.1, 0.15) is 17.0 Å². The number of halogens is 2. The van der Waals surface area contributed by atoms with E-state index in [2.05, 4.69) is 5.32 Å². The quantitative estimate of drug-likeness (QED) is 0.343. The van der Waals surface area contributed by atoms with Gasteiger partial charge in [0.2, 0.25) is 5.91 Å². The second kappa shape index (κ2) is 11.4. The molecule has 1 N–H and O–H groups in total. The Morgan fingerprint density at radius 1 is 1.03 bits per heavy atom. The van der Waals surface area contributed by atoms with E-state index < -0.39 is 5.54 Å². The lowest BCUT2D eigenvalue weighted by atomic mass is 9.79. The number of nitrogens with zero attached hydrogens (tertiary/aromatic N) is 1. The number of benzene rings is 2. The predicted molar refractivity (Wildman–Crippen MR) is 142 cm³/mol. The van der Waals surface area contributed by atoms with E-state index in [0.717, 1.165) is 36.1 Å². The Morgan fingerprint density at radius 2 is 1.75 bits per heavy atom. The van der Waals surface area contributed by atoms with Crippen LogP contribution in [-0.2, 0) is 16.1 Å². The molecule has 6 nitrogen and oxygen atoms in total. The lowest BCUT2D eigenvalue weighted by Crippen LogP contribution is -2.60. The van der Waals surface area contributed by atoms with Crippen molar-refractivity contribution in [3.05, 3.63) is 81.7 Å². The highest BCUT2D eigenvalue weighted by molar-refractivity contribution is 6.35. The monoisotopic (exact) mass is 528 g/mol. The standard InChI is InChI=1S/C28H30Cl2N2O4/c1-19-8-6-9-20(2)26(19)31-27(34)28(13-4-3-5-14-28)32(17-22-10-7-15-35-22)25(33)18-36-24-12-11-21(29)16-23(24)30/h6-12,15-16H,3-5,13-14,17-18H2,1-2H3,(H,31,34). The van der Waals surface area contributed by atoms with Crippen LogP contribution >= 0.6 is 23.2 Å². The minimum Gasteiger partial charge on any atom is -0.482 e. The Bertz CT molecular complexity index is 1200. The van der Waals surface area contributed by atoms with Gasteiger partial charge >= 0.3 is 0 Å². The molecule has 1 aliphatic rings. The number of anilines is 1. The van der Waals surface area contributed by atoms with E-state index in [1.807, 2.05) is 32.0 Å². The fraction of sp³-hybridized carbons (Fsp3) is 0.357. The average Bonchev–Trinajstić information content (AvgIpc) is 3.38. The molecule has 0 spiro atoms. The summed E-state index contributed by atoms with van der Waals surface area (Å²) in [5.41, 5.74) is 1.68. The van der Waals surface area contributed by atoms with Gasteiger partial charge in [-0.3, -0.25) is 9.59 Å². The molecule has 36 heavy (non-hydrogen) atoms. The first-order chi connectivity index (χ1) is 17.3. The van der Waals surface area contributed by atoms with Crippen LogP contribution in [-0.4, -0.2) is 28.9 Å². The van der Waals surface area contributed by atoms with Crippen LogP contribution in [0.1, 0.15) is 49.0 Å². The van der Waals surface area contributed by atoms with Gasteiger partial charge in [0.25, 0.3) is 5.91 Å². The van der Waals surface area contributed by atoms with E-state index in [0.29, 0.717) is 34.4 Å². The first kappa shape index (κ1) is 26.1. The summed E-state index contributed by atoms with van der Waals surface area (Å²) in [4.78, 5) is 29.4. The summed E-state index contributed by atoms with van der Waals surface area (Å²) in [6, 6.07) is 14.3. The SMILES string of the molecule is Cc1cccc(C)c1NC(=O)C1(N(Cc2ccco2)C(=O)COc2ccc(Cl)cc2Cl)CCCCC1. The maximum absolute atomic E-state index is 14.0. The summed E-state index contributed by atoms with van der Waals surface area (Å²) in [7, 11) is 0. The molecule has 4 rings (SSSR count). The minimum atomic E-state index is -1.04. The number of hydrogen-bond acceptors (Lipinski definition) is 4. The number of rotatable bonds is 8. The summed E-state index contributed by atoms with van der Waals surface area (Å²) in [6.07, 6.45) is 5.36. The molecule has 3 aromatic rings. The molecule has 0 saturated heterocycles. The zero-order valence-electron chi connectivity index (χ0n) is 20.5. The van der Waals surface area contributed by atoms with Crippen molar-refractivity contribution in [1.29, 1.82) is 0 Å². The van der Waals surface area contributed by atoms with Crippen LogP contribution in [0.5, 0.6) is 5.75 Å². The Hall–Kier alpha value is -2.96. The first-order valence-electron chi connectivity index (χ1n) is 12.1. The van der Waals surface area contributed by atoms with Gasteiger partial charge in [0, 0.05) is 10.7 Å². The number of furan rings is 1. The van der Waals surface area contributed by atoms with Crippen LogP contribution in [0.3, 0.4) is 0 Å². The topological polar surface area (TPSA) is 71.8 Å². The van der Waals surface area contributed by atoms with E-state index >= 15 is 0 Å². The number of hydrogen-bond donors (Lipinski definition) is 1. The van der Waals surface area contributed by atoms with Crippen molar-refractivity contribution in [2.24, 2.45) is 0 Å². The van der Waals surface area contributed by atoms with Gasteiger partial charge in [0.15, 0.2) is 6.61 Å². The van der Waals surface area contributed by atoms with Crippen molar-refractivity contribution in [2.75, 3.05) is 11.9 Å². The largest absolute Gasteiger partial charge is 0.482 e. The van der Waals surface area contributed by atoms with Gasteiger partial charge < -0.3 is 19.4 Å². The Labute approximate surface area is 221 Å². The fourth-order valence-electron chi connectivity index (χ4n) is 4.84. The second-order valence-electron chi connectivity index (χ2n) is 9.24. The van der Waals surface area contributed by atoms with Crippen molar-refractivity contribution in [1.82, 2.24) is 4.90 Å². The van der Waals surface area contributed by atoms with Crippen molar-refractivity contribution < 1.29 is 18.7 Å². The molecular formula is C28H30Cl2N2O4.